The number of carbonyl (C=O) groups is 2. The van der Waals surface area contributed by atoms with Crippen LogP contribution in [0, 0.1) is 8.99 Å². The fraction of sp³-hybridized carbons (Fsp3) is 0.333. The minimum Gasteiger partial charge on any atom is -0.481 e. The van der Waals surface area contributed by atoms with E-state index in [0.29, 0.717) is 19.2 Å². The number of hydrogen-bond donors (Lipinski definition) is 2. The van der Waals surface area contributed by atoms with E-state index in [1.807, 2.05) is 22.6 Å². The average molecular weight is 416 g/mol. The first-order chi connectivity index (χ1) is 8.65. The number of rotatable bonds is 4. The van der Waals surface area contributed by atoms with Gasteiger partial charge in [0.2, 0.25) is 0 Å². The van der Waals surface area contributed by atoms with Crippen LogP contribution in [0.3, 0.4) is 0 Å². The Labute approximate surface area is 134 Å². The molecule has 0 bridgehead atoms. The Hall–Kier alpha value is -0.530. The van der Waals surface area contributed by atoms with Gasteiger partial charge in [0.1, 0.15) is 0 Å². The monoisotopic (exact) mass is 415 g/mol. The number of amides is 1. The van der Waals surface area contributed by atoms with Crippen molar-refractivity contribution in [3.63, 3.8) is 0 Å². The summed E-state index contributed by atoms with van der Waals surface area (Å²) in [4.78, 5) is 23.0. The molecule has 1 rings (SSSR count). The summed E-state index contributed by atoms with van der Waals surface area (Å²) in [5.41, 5.74) is -0.706. The number of benzene rings is 1. The highest BCUT2D eigenvalue weighted by Gasteiger charge is 2.28. The zero-order valence-electron chi connectivity index (χ0n) is 10.3. The summed E-state index contributed by atoms with van der Waals surface area (Å²) in [5, 5.41) is 12.3. The van der Waals surface area contributed by atoms with Crippen molar-refractivity contribution < 1.29 is 14.7 Å². The molecule has 0 unspecified atom stereocenters. The minimum absolute atomic E-state index is 0.0153. The second-order valence-corrected chi connectivity index (χ2v) is 6.54. The van der Waals surface area contributed by atoms with Crippen molar-refractivity contribution in [3.05, 3.63) is 31.3 Å². The summed E-state index contributed by atoms with van der Waals surface area (Å²) in [6.45, 7) is 3.08. The largest absolute Gasteiger partial charge is 0.481 e. The molecule has 4 nitrogen and oxygen atoms in total. The Morgan fingerprint density at radius 1 is 1.37 bits per heavy atom. The second kappa shape index (κ2) is 6.28. The highest BCUT2D eigenvalue weighted by Crippen LogP contribution is 2.27. The lowest BCUT2D eigenvalue weighted by Gasteiger charge is -2.19. The van der Waals surface area contributed by atoms with Crippen molar-refractivity contribution in [2.45, 2.75) is 13.8 Å². The number of carbonyl (C=O) groups excluding carboxylic acids is 1. The number of hydrogen-bond acceptors (Lipinski definition) is 2. The van der Waals surface area contributed by atoms with Gasteiger partial charge in [-0.05, 0) is 48.6 Å². The molecule has 1 amide bonds. The number of carboxylic acid groups (broad SMARTS) is 1. The van der Waals surface area contributed by atoms with E-state index in [1.165, 1.54) is 19.9 Å². The lowest BCUT2D eigenvalue weighted by molar-refractivity contribution is -0.146. The molecule has 0 atom stereocenters. The van der Waals surface area contributed by atoms with Gasteiger partial charge in [0.05, 0.1) is 16.0 Å². The first kappa shape index (κ1) is 16.5. The fourth-order valence-electron chi connectivity index (χ4n) is 1.19. The predicted octanol–water partition coefficient (Wildman–Crippen LogP) is 3.44. The van der Waals surface area contributed by atoms with Crippen molar-refractivity contribution in [2.75, 3.05) is 6.54 Å². The Balaban J connectivity index is 2.88. The van der Waals surface area contributed by atoms with Gasteiger partial charge in [0, 0.05) is 15.1 Å². The van der Waals surface area contributed by atoms with Crippen LogP contribution in [0.4, 0.5) is 0 Å². The molecule has 19 heavy (non-hydrogen) atoms. The van der Waals surface area contributed by atoms with Crippen LogP contribution in [0.5, 0.6) is 0 Å². The number of nitrogens with one attached hydrogen (secondary N) is 1. The fourth-order valence-corrected chi connectivity index (χ4v) is 2.24. The third kappa shape index (κ3) is 4.22. The zero-order valence-corrected chi connectivity index (χ0v) is 13.9. The maximum absolute atomic E-state index is 12.0. The molecule has 1 aromatic rings. The van der Waals surface area contributed by atoms with Gasteiger partial charge >= 0.3 is 5.97 Å². The third-order valence-electron chi connectivity index (χ3n) is 2.51. The molecule has 0 aliphatic carbocycles. The molecule has 0 fully saturated rings. The van der Waals surface area contributed by atoms with Crippen LogP contribution in [0.2, 0.25) is 10.0 Å². The van der Waals surface area contributed by atoms with Crippen LogP contribution in [0.1, 0.15) is 24.2 Å². The summed E-state index contributed by atoms with van der Waals surface area (Å²) in [5.74, 6) is -1.38. The van der Waals surface area contributed by atoms with Gasteiger partial charge in [-0.15, -0.1) is 0 Å². The van der Waals surface area contributed by atoms with E-state index >= 15 is 0 Å². The molecule has 0 saturated heterocycles. The molecule has 0 radical (unpaired) electrons. The summed E-state index contributed by atoms with van der Waals surface area (Å²) >= 11 is 13.7. The third-order valence-corrected chi connectivity index (χ3v) is 4.50. The Bertz CT molecular complexity index is 532. The molecule has 104 valence electrons. The van der Waals surface area contributed by atoms with Gasteiger partial charge in [-0.1, -0.05) is 23.2 Å². The Kier molecular flexibility index (Phi) is 5.46. The molecule has 0 aliphatic rings. The van der Waals surface area contributed by atoms with Crippen LogP contribution in [-0.4, -0.2) is 23.5 Å². The zero-order chi connectivity index (χ0) is 14.8. The van der Waals surface area contributed by atoms with Crippen molar-refractivity contribution in [3.8, 4) is 0 Å². The summed E-state index contributed by atoms with van der Waals surface area (Å²) in [6.07, 6.45) is 0. The number of carboxylic acids is 1. The van der Waals surface area contributed by atoms with Crippen molar-refractivity contribution >= 4 is 57.7 Å². The lowest BCUT2D eigenvalue weighted by atomic mass is 9.94. The van der Waals surface area contributed by atoms with Crippen LogP contribution in [0.15, 0.2) is 12.1 Å². The molecule has 0 saturated carbocycles. The standard InChI is InChI=1S/C12H12Cl2INO3/c1-12(2,11(18)19)5-16-10(17)7-3-6(13)4-8(14)9(7)15/h3-4H,5H2,1-2H3,(H,16,17)(H,18,19). The normalized spacial score (nSPS) is 11.2. The maximum Gasteiger partial charge on any atom is 0.310 e. The van der Waals surface area contributed by atoms with Crippen LogP contribution < -0.4 is 5.32 Å². The molecule has 2 N–H and O–H groups in total. The van der Waals surface area contributed by atoms with Crippen LogP contribution >= 0.6 is 45.8 Å². The van der Waals surface area contributed by atoms with E-state index in [4.69, 9.17) is 28.3 Å². The van der Waals surface area contributed by atoms with Crippen LogP contribution in [0.25, 0.3) is 0 Å². The van der Waals surface area contributed by atoms with Gasteiger partial charge in [0.25, 0.3) is 5.91 Å². The molecule has 0 heterocycles. The Morgan fingerprint density at radius 2 is 1.95 bits per heavy atom. The molecular weight excluding hydrogens is 404 g/mol. The number of aliphatic carboxylic acids is 1. The van der Waals surface area contributed by atoms with Crippen molar-refractivity contribution in [2.24, 2.45) is 5.41 Å². The quantitative estimate of drug-likeness (QED) is 0.584. The SMILES string of the molecule is CC(C)(CNC(=O)c1cc(Cl)cc(Cl)c1I)C(=O)O. The smallest absolute Gasteiger partial charge is 0.310 e. The van der Waals surface area contributed by atoms with E-state index in [9.17, 15) is 9.59 Å². The summed E-state index contributed by atoms with van der Waals surface area (Å²) in [6, 6.07) is 3.04. The summed E-state index contributed by atoms with van der Waals surface area (Å²) < 4.78 is 0.578. The molecule has 0 aliphatic heterocycles. The van der Waals surface area contributed by atoms with E-state index in [-0.39, 0.29) is 6.54 Å². The predicted molar refractivity (Wildman–Crippen MR) is 82.9 cm³/mol. The minimum atomic E-state index is -1.04. The average Bonchev–Trinajstić information content (AvgIpc) is 2.30. The van der Waals surface area contributed by atoms with Crippen LogP contribution in [-0.2, 0) is 4.79 Å². The highest BCUT2D eigenvalue weighted by atomic mass is 127. The van der Waals surface area contributed by atoms with Gasteiger partial charge < -0.3 is 10.4 Å². The number of halogens is 3. The van der Waals surface area contributed by atoms with E-state index in [1.54, 1.807) is 6.07 Å². The molecule has 0 spiro atoms. The van der Waals surface area contributed by atoms with Crippen molar-refractivity contribution in [1.82, 2.24) is 5.32 Å². The molecule has 7 heteroatoms. The summed E-state index contributed by atoms with van der Waals surface area (Å²) in [7, 11) is 0. The van der Waals surface area contributed by atoms with Gasteiger partial charge in [0.15, 0.2) is 0 Å². The van der Waals surface area contributed by atoms with Crippen molar-refractivity contribution in [1.29, 1.82) is 0 Å². The van der Waals surface area contributed by atoms with E-state index in [2.05, 4.69) is 5.32 Å². The molecule has 0 aromatic heterocycles. The van der Waals surface area contributed by atoms with E-state index in [0.717, 1.165) is 0 Å². The Morgan fingerprint density at radius 3 is 2.47 bits per heavy atom. The van der Waals surface area contributed by atoms with Gasteiger partial charge in [-0.25, -0.2) is 0 Å². The van der Waals surface area contributed by atoms with E-state index < -0.39 is 17.3 Å². The van der Waals surface area contributed by atoms with Gasteiger partial charge in [-0.2, -0.15) is 0 Å². The topological polar surface area (TPSA) is 66.4 Å². The second-order valence-electron chi connectivity index (χ2n) is 4.62. The first-order valence-corrected chi connectivity index (χ1v) is 7.15. The molecular formula is C12H12Cl2INO3. The highest BCUT2D eigenvalue weighted by molar-refractivity contribution is 14.1. The molecule has 1 aromatic carbocycles. The first-order valence-electron chi connectivity index (χ1n) is 5.31. The van der Waals surface area contributed by atoms with Gasteiger partial charge in [-0.3, -0.25) is 9.59 Å². The lowest BCUT2D eigenvalue weighted by Crippen LogP contribution is -2.39. The maximum atomic E-state index is 12.0.